The molecule has 2 aromatic rings. The summed E-state index contributed by atoms with van der Waals surface area (Å²) in [5, 5.41) is 9.53. The Morgan fingerprint density at radius 2 is 2.23 bits per heavy atom. The van der Waals surface area contributed by atoms with E-state index in [4.69, 9.17) is 4.74 Å². The summed E-state index contributed by atoms with van der Waals surface area (Å²) in [4.78, 5) is 25.4. The van der Waals surface area contributed by atoms with Gasteiger partial charge in [0.2, 0.25) is 0 Å². The minimum Gasteiger partial charge on any atom is -0.434 e. The zero-order chi connectivity index (χ0) is 18.3. The summed E-state index contributed by atoms with van der Waals surface area (Å²) in [5.41, 5.74) is 3.42. The summed E-state index contributed by atoms with van der Waals surface area (Å²) < 4.78 is 20.1. The maximum atomic E-state index is 14.9. The van der Waals surface area contributed by atoms with Gasteiger partial charge in [-0.15, -0.1) is 0 Å². The third-order valence-electron chi connectivity index (χ3n) is 4.78. The molecule has 1 aliphatic carbocycles. The standard InChI is InChI=1S/C18H19FN4O3/c1-2-20-17(24)14-9-23(18(25)26-14)12-6-10-4-3-5-11-8-21-22-16(11)15(10)13(19)7-12/h6-8,14H,2-5,9H2,1H3,(H,20,24)(H,21,22)/t14-/m1/s1. The molecule has 8 heteroatoms. The van der Waals surface area contributed by atoms with Crippen molar-refractivity contribution in [3.63, 3.8) is 0 Å². The first kappa shape index (κ1) is 16.6. The third kappa shape index (κ3) is 2.71. The van der Waals surface area contributed by atoms with E-state index in [0.717, 1.165) is 24.0 Å². The number of carbonyl (C=O) groups excluding carboxylic acids is 2. The first-order chi connectivity index (χ1) is 12.6. The van der Waals surface area contributed by atoms with Crippen LogP contribution >= 0.6 is 0 Å². The fourth-order valence-corrected chi connectivity index (χ4v) is 3.57. The number of fused-ring (bicyclic) bond motifs is 3. The summed E-state index contributed by atoms with van der Waals surface area (Å²) in [6, 6.07) is 3.12. The SMILES string of the molecule is CCNC(=O)[C@H]1CN(c2cc(F)c3c(c2)CCCc2cn[nH]c2-3)C(=O)O1. The Hall–Kier alpha value is -2.90. The van der Waals surface area contributed by atoms with Crippen molar-refractivity contribution in [3.05, 3.63) is 35.3 Å². The second kappa shape index (κ2) is 6.44. The van der Waals surface area contributed by atoms with E-state index in [1.807, 2.05) is 0 Å². The van der Waals surface area contributed by atoms with E-state index in [1.54, 1.807) is 19.2 Å². The number of aromatic amines is 1. The molecule has 1 aliphatic heterocycles. The highest BCUT2D eigenvalue weighted by atomic mass is 19.1. The van der Waals surface area contributed by atoms with Crippen LogP contribution < -0.4 is 10.2 Å². The van der Waals surface area contributed by atoms with Crippen LogP contribution in [-0.4, -0.2) is 41.4 Å². The number of likely N-dealkylation sites (N-methyl/N-ethyl adjacent to an activating group) is 1. The fourth-order valence-electron chi connectivity index (χ4n) is 3.57. The highest BCUT2D eigenvalue weighted by molar-refractivity contribution is 5.96. The van der Waals surface area contributed by atoms with Crippen molar-refractivity contribution in [2.45, 2.75) is 32.3 Å². The van der Waals surface area contributed by atoms with Gasteiger partial charge in [0.25, 0.3) is 5.91 Å². The highest BCUT2D eigenvalue weighted by Crippen LogP contribution is 2.36. The van der Waals surface area contributed by atoms with E-state index < -0.39 is 18.0 Å². The second-order valence-corrected chi connectivity index (χ2v) is 6.46. The van der Waals surface area contributed by atoms with Crippen LogP contribution in [0.25, 0.3) is 11.3 Å². The molecular weight excluding hydrogens is 339 g/mol. The number of benzene rings is 1. The summed E-state index contributed by atoms with van der Waals surface area (Å²) in [7, 11) is 0. The van der Waals surface area contributed by atoms with Crippen molar-refractivity contribution >= 4 is 17.7 Å². The molecule has 2 amide bonds. The van der Waals surface area contributed by atoms with Crippen molar-refractivity contribution in [1.29, 1.82) is 0 Å². The number of carbonyl (C=O) groups is 2. The Bertz CT molecular complexity index is 879. The van der Waals surface area contributed by atoms with E-state index in [0.29, 0.717) is 29.9 Å². The number of hydrogen-bond donors (Lipinski definition) is 2. The quantitative estimate of drug-likeness (QED) is 0.880. The molecule has 0 radical (unpaired) electrons. The lowest BCUT2D eigenvalue weighted by Gasteiger charge is -2.17. The molecule has 0 saturated carbocycles. The van der Waals surface area contributed by atoms with Crippen molar-refractivity contribution in [3.8, 4) is 11.3 Å². The van der Waals surface area contributed by atoms with Crippen LogP contribution in [0.15, 0.2) is 18.3 Å². The zero-order valence-corrected chi connectivity index (χ0v) is 14.3. The van der Waals surface area contributed by atoms with Crippen LogP contribution in [0.3, 0.4) is 0 Å². The normalized spacial score (nSPS) is 18.8. The largest absolute Gasteiger partial charge is 0.434 e. The first-order valence-electron chi connectivity index (χ1n) is 8.69. The summed E-state index contributed by atoms with van der Waals surface area (Å²) >= 11 is 0. The second-order valence-electron chi connectivity index (χ2n) is 6.46. The Balaban J connectivity index is 1.68. The maximum absolute atomic E-state index is 14.9. The predicted octanol–water partition coefficient (Wildman–Crippen LogP) is 2.17. The molecule has 2 aliphatic rings. The number of cyclic esters (lactones) is 1. The number of rotatable bonds is 3. The molecule has 2 heterocycles. The summed E-state index contributed by atoms with van der Waals surface area (Å²) in [5.74, 6) is -0.764. The van der Waals surface area contributed by atoms with Crippen LogP contribution in [0.5, 0.6) is 0 Å². The molecule has 0 spiro atoms. The van der Waals surface area contributed by atoms with Gasteiger partial charge in [0.05, 0.1) is 24.1 Å². The number of H-pyrrole nitrogens is 1. The predicted molar refractivity (Wildman–Crippen MR) is 92.3 cm³/mol. The number of amides is 2. The minimum atomic E-state index is -0.886. The lowest BCUT2D eigenvalue weighted by molar-refractivity contribution is -0.127. The Kier molecular flexibility index (Phi) is 4.10. The molecule has 0 unspecified atom stereocenters. The number of anilines is 1. The molecule has 136 valence electrons. The molecule has 2 N–H and O–H groups in total. The van der Waals surface area contributed by atoms with Gasteiger partial charge < -0.3 is 10.1 Å². The zero-order valence-electron chi connectivity index (χ0n) is 14.3. The smallest absolute Gasteiger partial charge is 0.415 e. The number of ether oxygens (including phenoxy) is 1. The van der Waals surface area contributed by atoms with Crippen molar-refractivity contribution in [2.24, 2.45) is 0 Å². The minimum absolute atomic E-state index is 0.0677. The number of hydrogen-bond acceptors (Lipinski definition) is 4. The van der Waals surface area contributed by atoms with Crippen LogP contribution in [0.4, 0.5) is 14.9 Å². The van der Waals surface area contributed by atoms with E-state index in [-0.39, 0.29) is 12.5 Å². The summed E-state index contributed by atoms with van der Waals surface area (Å²) in [6.45, 7) is 2.31. The molecule has 1 fully saturated rings. The Labute approximate surface area is 149 Å². The number of aryl methyl sites for hydroxylation is 2. The van der Waals surface area contributed by atoms with E-state index in [2.05, 4.69) is 15.5 Å². The van der Waals surface area contributed by atoms with Gasteiger partial charge in [-0.1, -0.05) is 0 Å². The third-order valence-corrected chi connectivity index (χ3v) is 4.78. The molecule has 4 rings (SSSR count). The van der Waals surface area contributed by atoms with Gasteiger partial charge in [0.1, 0.15) is 5.82 Å². The van der Waals surface area contributed by atoms with Gasteiger partial charge in [-0.25, -0.2) is 9.18 Å². The number of nitrogens with zero attached hydrogens (tertiary/aromatic N) is 2. The molecule has 7 nitrogen and oxygen atoms in total. The topological polar surface area (TPSA) is 87.3 Å². The monoisotopic (exact) mass is 358 g/mol. The maximum Gasteiger partial charge on any atom is 0.415 e. The van der Waals surface area contributed by atoms with Gasteiger partial charge >= 0.3 is 6.09 Å². The lowest BCUT2D eigenvalue weighted by atomic mass is 10.0. The van der Waals surface area contributed by atoms with E-state index in [1.165, 1.54) is 11.0 Å². The van der Waals surface area contributed by atoms with Crippen LogP contribution in [0, 0.1) is 5.82 Å². The molecule has 1 atom stereocenters. The van der Waals surface area contributed by atoms with Crippen LogP contribution in [-0.2, 0) is 22.4 Å². The Morgan fingerprint density at radius 1 is 1.42 bits per heavy atom. The highest BCUT2D eigenvalue weighted by Gasteiger charge is 2.37. The van der Waals surface area contributed by atoms with Crippen molar-refractivity contribution in [2.75, 3.05) is 18.0 Å². The molecule has 1 aromatic carbocycles. The number of nitrogens with one attached hydrogen (secondary N) is 2. The van der Waals surface area contributed by atoms with Gasteiger partial charge in [0, 0.05) is 12.1 Å². The average molecular weight is 358 g/mol. The average Bonchev–Trinajstić information content (AvgIpc) is 3.18. The lowest BCUT2D eigenvalue weighted by Crippen LogP contribution is -2.37. The van der Waals surface area contributed by atoms with Gasteiger partial charge in [0.15, 0.2) is 6.10 Å². The first-order valence-corrected chi connectivity index (χ1v) is 8.69. The van der Waals surface area contributed by atoms with Crippen LogP contribution in [0.1, 0.15) is 24.5 Å². The van der Waals surface area contributed by atoms with E-state index in [9.17, 15) is 14.0 Å². The molecule has 1 aromatic heterocycles. The van der Waals surface area contributed by atoms with E-state index >= 15 is 0 Å². The van der Waals surface area contributed by atoms with Crippen molar-refractivity contribution < 1.29 is 18.7 Å². The molecule has 0 bridgehead atoms. The van der Waals surface area contributed by atoms with Gasteiger partial charge in [-0.05, 0) is 49.4 Å². The van der Waals surface area contributed by atoms with Gasteiger partial charge in [-0.2, -0.15) is 5.10 Å². The van der Waals surface area contributed by atoms with Crippen LogP contribution in [0.2, 0.25) is 0 Å². The summed E-state index contributed by atoms with van der Waals surface area (Å²) in [6.07, 6.45) is 2.59. The number of halogens is 1. The molecule has 1 saturated heterocycles. The molecular formula is C18H19FN4O3. The Morgan fingerprint density at radius 3 is 3.04 bits per heavy atom. The fraction of sp³-hybridized carbons (Fsp3) is 0.389. The van der Waals surface area contributed by atoms with Crippen molar-refractivity contribution in [1.82, 2.24) is 15.5 Å². The molecule has 26 heavy (non-hydrogen) atoms. The number of aromatic nitrogens is 2. The van der Waals surface area contributed by atoms with Gasteiger partial charge in [-0.3, -0.25) is 14.8 Å².